The van der Waals surface area contributed by atoms with Crippen molar-refractivity contribution in [2.24, 2.45) is 0 Å². The average molecular weight is 314 g/mol. The molecule has 5 heteroatoms. The molecule has 1 aliphatic heterocycles. The van der Waals surface area contributed by atoms with Gasteiger partial charge in [0.2, 0.25) is 5.91 Å². The molecule has 0 aliphatic carbocycles. The fraction of sp³-hybridized carbons (Fsp3) is 0.556. The van der Waals surface area contributed by atoms with Crippen molar-refractivity contribution >= 4 is 11.6 Å². The first-order chi connectivity index (χ1) is 11.0. The molecule has 2 aromatic rings. The summed E-state index contributed by atoms with van der Waals surface area (Å²) in [5.41, 5.74) is 4.05. The molecule has 2 aromatic heterocycles. The van der Waals surface area contributed by atoms with Crippen LogP contribution in [0.15, 0.2) is 18.3 Å². The summed E-state index contributed by atoms with van der Waals surface area (Å²) < 4.78 is 2.06. The molecule has 124 valence electrons. The van der Waals surface area contributed by atoms with Crippen LogP contribution in [0.5, 0.6) is 0 Å². The Bertz CT molecular complexity index is 713. The molecular weight excluding hydrogens is 288 g/mol. The van der Waals surface area contributed by atoms with Gasteiger partial charge in [-0.15, -0.1) is 0 Å². The SMILES string of the molecule is Cc1nc2c(C)cccn2c1CC(=O)N(C)C1CCN(C)CC1. The monoisotopic (exact) mass is 314 g/mol. The minimum atomic E-state index is 0.186. The Labute approximate surface area is 137 Å². The van der Waals surface area contributed by atoms with Crippen LogP contribution in [0.2, 0.25) is 0 Å². The quantitative estimate of drug-likeness (QED) is 0.870. The highest BCUT2D eigenvalue weighted by atomic mass is 16.2. The summed E-state index contributed by atoms with van der Waals surface area (Å²) in [5, 5.41) is 0. The second-order valence-corrected chi connectivity index (χ2v) is 6.74. The zero-order valence-corrected chi connectivity index (χ0v) is 14.5. The molecular formula is C18H26N4O. The van der Waals surface area contributed by atoms with Crippen molar-refractivity contribution in [1.82, 2.24) is 19.2 Å². The largest absolute Gasteiger partial charge is 0.342 e. The van der Waals surface area contributed by atoms with Gasteiger partial charge in [0.1, 0.15) is 5.65 Å². The molecule has 1 saturated heterocycles. The third kappa shape index (κ3) is 3.11. The lowest BCUT2D eigenvalue weighted by Gasteiger charge is -2.35. The molecule has 3 rings (SSSR count). The van der Waals surface area contributed by atoms with E-state index in [1.54, 1.807) is 0 Å². The molecule has 1 amide bonds. The molecule has 0 unspecified atom stereocenters. The lowest BCUT2D eigenvalue weighted by molar-refractivity contribution is -0.132. The van der Waals surface area contributed by atoms with Crippen molar-refractivity contribution in [2.45, 2.75) is 39.2 Å². The summed E-state index contributed by atoms with van der Waals surface area (Å²) in [7, 11) is 4.09. The summed E-state index contributed by atoms with van der Waals surface area (Å²) in [4.78, 5) is 21.6. The van der Waals surface area contributed by atoms with Gasteiger partial charge < -0.3 is 14.2 Å². The lowest BCUT2D eigenvalue weighted by Crippen LogP contribution is -2.45. The molecule has 3 heterocycles. The standard InChI is InChI=1S/C18H26N4O/c1-13-6-5-9-22-16(14(2)19-18(13)22)12-17(23)21(4)15-7-10-20(3)11-8-15/h5-6,9,15H,7-8,10-12H2,1-4H3. The number of rotatable bonds is 3. The van der Waals surface area contributed by atoms with Gasteiger partial charge in [0, 0.05) is 19.3 Å². The van der Waals surface area contributed by atoms with E-state index in [0.717, 1.165) is 48.5 Å². The third-order valence-corrected chi connectivity index (χ3v) is 5.09. The highest BCUT2D eigenvalue weighted by Gasteiger charge is 2.25. The van der Waals surface area contributed by atoms with Crippen molar-refractivity contribution < 1.29 is 4.79 Å². The second kappa shape index (κ2) is 6.32. The molecule has 1 aliphatic rings. The maximum absolute atomic E-state index is 12.7. The number of imidazole rings is 1. The number of carbonyl (C=O) groups is 1. The second-order valence-electron chi connectivity index (χ2n) is 6.74. The fourth-order valence-corrected chi connectivity index (χ4v) is 3.43. The van der Waals surface area contributed by atoms with E-state index >= 15 is 0 Å². The summed E-state index contributed by atoms with van der Waals surface area (Å²) in [6.45, 7) is 6.18. The van der Waals surface area contributed by atoms with Gasteiger partial charge in [-0.3, -0.25) is 4.79 Å². The molecule has 5 nitrogen and oxygen atoms in total. The van der Waals surface area contributed by atoms with E-state index in [9.17, 15) is 4.79 Å². The zero-order valence-electron chi connectivity index (χ0n) is 14.5. The van der Waals surface area contributed by atoms with Gasteiger partial charge in [-0.25, -0.2) is 4.98 Å². The van der Waals surface area contributed by atoms with Crippen LogP contribution < -0.4 is 0 Å². The number of hydrogen-bond acceptors (Lipinski definition) is 3. The number of likely N-dealkylation sites (tertiary alicyclic amines) is 1. The van der Waals surface area contributed by atoms with Gasteiger partial charge in [0.15, 0.2) is 0 Å². The molecule has 0 radical (unpaired) electrons. The number of nitrogens with zero attached hydrogens (tertiary/aromatic N) is 4. The van der Waals surface area contributed by atoms with E-state index in [2.05, 4.69) is 34.3 Å². The molecule has 0 aromatic carbocycles. The Morgan fingerprint density at radius 1 is 1.35 bits per heavy atom. The van der Waals surface area contributed by atoms with Crippen LogP contribution in [-0.2, 0) is 11.2 Å². The number of aryl methyl sites for hydroxylation is 2. The van der Waals surface area contributed by atoms with E-state index in [1.165, 1.54) is 0 Å². The molecule has 0 atom stereocenters. The van der Waals surface area contributed by atoms with Gasteiger partial charge in [-0.2, -0.15) is 0 Å². The number of fused-ring (bicyclic) bond motifs is 1. The minimum Gasteiger partial charge on any atom is -0.342 e. The molecule has 0 bridgehead atoms. The van der Waals surface area contributed by atoms with Crippen LogP contribution in [0.3, 0.4) is 0 Å². The fourth-order valence-electron chi connectivity index (χ4n) is 3.43. The topological polar surface area (TPSA) is 40.9 Å². The van der Waals surface area contributed by atoms with Crippen LogP contribution in [-0.4, -0.2) is 58.3 Å². The smallest absolute Gasteiger partial charge is 0.228 e. The van der Waals surface area contributed by atoms with Crippen LogP contribution >= 0.6 is 0 Å². The number of aromatic nitrogens is 2. The maximum Gasteiger partial charge on any atom is 0.228 e. The Morgan fingerprint density at radius 2 is 2.04 bits per heavy atom. The van der Waals surface area contributed by atoms with Crippen molar-refractivity contribution in [3.63, 3.8) is 0 Å². The Balaban J connectivity index is 1.78. The number of carbonyl (C=O) groups excluding carboxylic acids is 1. The first-order valence-corrected chi connectivity index (χ1v) is 8.34. The number of likely N-dealkylation sites (N-methyl/N-ethyl adjacent to an activating group) is 1. The van der Waals surface area contributed by atoms with E-state index in [4.69, 9.17) is 0 Å². The molecule has 1 fully saturated rings. The lowest BCUT2D eigenvalue weighted by atomic mass is 10.0. The molecule has 0 N–H and O–H groups in total. The van der Waals surface area contributed by atoms with Gasteiger partial charge in [0.25, 0.3) is 0 Å². The van der Waals surface area contributed by atoms with Gasteiger partial charge in [-0.1, -0.05) is 6.07 Å². The summed E-state index contributed by atoms with van der Waals surface area (Å²) >= 11 is 0. The molecule has 0 saturated carbocycles. The summed E-state index contributed by atoms with van der Waals surface area (Å²) in [6, 6.07) is 4.43. The minimum absolute atomic E-state index is 0.186. The highest BCUT2D eigenvalue weighted by molar-refractivity contribution is 5.79. The zero-order chi connectivity index (χ0) is 16.6. The van der Waals surface area contributed by atoms with E-state index in [1.807, 2.05) is 31.1 Å². The Hall–Kier alpha value is -1.88. The van der Waals surface area contributed by atoms with E-state index < -0.39 is 0 Å². The Morgan fingerprint density at radius 3 is 2.74 bits per heavy atom. The van der Waals surface area contributed by atoms with Gasteiger partial charge in [-0.05, 0) is 58.5 Å². The number of piperidine rings is 1. The first kappa shape index (κ1) is 16.0. The van der Waals surface area contributed by atoms with Crippen molar-refractivity contribution in [3.8, 4) is 0 Å². The molecule has 23 heavy (non-hydrogen) atoms. The van der Waals surface area contributed by atoms with Crippen LogP contribution in [0.25, 0.3) is 5.65 Å². The van der Waals surface area contributed by atoms with Gasteiger partial charge in [0.05, 0.1) is 17.8 Å². The first-order valence-electron chi connectivity index (χ1n) is 8.34. The number of amides is 1. The van der Waals surface area contributed by atoms with E-state index in [-0.39, 0.29) is 5.91 Å². The number of pyridine rings is 1. The van der Waals surface area contributed by atoms with Crippen molar-refractivity contribution in [3.05, 3.63) is 35.3 Å². The molecule has 0 spiro atoms. The van der Waals surface area contributed by atoms with E-state index in [0.29, 0.717) is 12.5 Å². The van der Waals surface area contributed by atoms with Crippen LogP contribution in [0, 0.1) is 13.8 Å². The number of hydrogen-bond donors (Lipinski definition) is 0. The highest BCUT2D eigenvalue weighted by Crippen LogP contribution is 2.19. The average Bonchev–Trinajstić information content (AvgIpc) is 2.85. The predicted molar refractivity (Wildman–Crippen MR) is 91.7 cm³/mol. The summed E-state index contributed by atoms with van der Waals surface area (Å²) in [6.07, 6.45) is 4.54. The van der Waals surface area contributed by atoms with Crippen LogP contribution in [0.1, 0.15) is 29.8 Å². The Kier molecular flexibility index (Phi) is 4.39. The van der Waals surface area contributed by atoms with Crippen LogP contribution in [0.4, 0.5) is 0 Å². The maximum atomic E-state index is 12.7. The van der Waals surface area contributed by atoms with Crippen molar-refractivity contribution in [1.29, 1.82) is 0 Å². The van der Waals surface area contributed by atoms with Gasteiger partial charge >= 0.3 is 0 Å². The normalized spacial score (nSPS) is 16.9. The predicted octanol–water partition coefficient (Wildman–Crippen LogP) is 2.05. The third-order valence-electron chi connectivity index (χ3n) is 5.09. The van der Waals surface area contributed by atoms with Crippen molar-refractivity contribution in [2.75, 3.05) is 27.2 Å². The summed E-state index contributed by atoms with van der Waals surface area (Å²) in [5.74, 6) is 0.186.